The molecule has 0 aliphatic carbocycles. The third-order valence-electron chi connectivity index (χ3n) is 2.74. The highest BCUT2D eigenvalue weighted by Crippen LogP contribution is 2.19. The number of hydrogen-bond donors (Lipinski definition) is 0. The number of diazo groups is 1. The first-order valence-electron chi connectivity index (χ1n) is 5.80. The van der Waals surface area contributed by atoms with Crippen LogP contribution in [0.3, 0.4) is 0 Å². The molecule has 0 radical (unpaired) electrons. The van der Waals surface area contributed by atoms with Crippen LogP contribution in [0.1, 0.15) is 18.7 Å². The Labute approximate surface area is 118 Å². The molecule has 0 bridgehead atoms. The van der Waals surface area contributed by atoms with Gasteiger partial charge in [-0.2, -0.15) is 0 Å². The number of carbonyl (C=O) groups is 1. The first-order valence-corrected chi connectivity index (χ1v) is 7.52. The summed E-state index contributed by atoms with van der Waals surface area (Å²) in [6, 6.07) is 6.75. The lowest BCUT2D eigenvalue weighted by Crippen LogP contribution is -2.54. The van der Waals surface area contributed by atoms with Crippen LogP contribution < -0.4 is 5.19 Å². The van der Waals surface area contributed by atoms with E-state index in [1.165, 1.54) is 28.3 Å². The van der Waals surface area contributed by atoms with Crippen molar-refractivity contribution in [2.24, 2.45) is 0 Å². The van der Waals surface area contributed by atoms with Crippen LogP contribution in [0.2, 0.25) is 0 Å². The van der Waals surface area contributed by atoms with Crippen molar-refractivity contribution in [3.05, 3.63) is 34.8 Å². The Hall–Kier alpha value is -1.79. The third-order valence-corrected chi connectivity index (χ3v) is 5.39. The highest BCUT2D eigenvalue weighted by Gasteiger charge is 2.41. The number of esters is 1. The molecule has 1 atom stereocenters. The van der Waals surface area contributed by atoms with Crippen molar-refractivity contribution in [3.8, 4) is 0 Å². The van der Waals surface area contributed by atoms with Crippen LogP contribution in [0.25, 0.3) is 4.98 Å². The van der Waals surface area contributed by atoms with Gasteiger partial charge in [-0.15, -0.1) is 0 Å². The predicted molar refractivity (Wildman–Crippen MR) is 72.4 cm³/mol. The van der Waals surface area contributed by atoms with Crippen molar-refractivity contribution >= 4 is 20.0 Å². The zero-order valence-corrected chi connectivity index (χ0v) is 12.8. The summed E-state index contributed by atoms with van der Waals surface area (Å²) in [6.07, 6.45) is -1.05. The molecule has 0 aliphatic rings. The van der Waals surface area contributed by atoms with E-state index in [1.54, 1.807) is 24.3 Å². The molecule has 8 heteroatoms. The molecular formula is C12H17N2O5Si+. The molecule has 0 N–H and O–H groups in total. The van der Waals surface area contributed by atoms with E-state index in [0.717, 1.165) is 5.19 Å². The summed E-state index contributed by atoms with van der Waals surface area (Å²) in [5, 5.41) is 9.62. The monoisotopic (exact) mass is 297 g/mol. The fraction of sp³-hybridized carbons (Fsp3) is 0.417. The van der Waals surface area contributed by atoms with E-state index < -0.39 is 21.0 Å². The maximum Gasteiger partial charge on any atom is 0.536 e. The van der Waals surface area contributed by atoms with Crippen molar-refractivity contribution in [3.63, 3.8) is 0 Å². The van der Waals surface area contributed by atoms with E-state index in [1.807, 2.05) is 0 Å². The second-order valence-corrected chi connectivity index (χ2v) is 6.78. The van der Waals surface area contributed by atoms with Crippen LogP contribution in [-0.2, 0) is 22.8 Å². The average molecular weight is 297 g/mol. The molecule has 20 heavy (non-hydrogen) atoms. The standard InChI is InChI=1S/C12H17N2O5Si/c1-9(15)19-12(14-13)10-5-7-11(8-6-10)20(16-2,17-3)18-4/h5-8,12H,1-4H3/q+1. The number of nitrogens with zero attached hydrogens (tertiary/aromatic N) is 2. The number of benzene rings is 1. The maximum absolute atomic E-state index is 10.9. The number of hydrogen-bond acceptors (Lipinski definition) is 6. The minimum Gasteiger partial charge on any atom is -0.382 e. The fourth-order valence-electron chi connectivity index (χ4n) is 1.77. The molecule has 0 amide bonds. The molecule has 108 valence electrons. The Bertz CT molecular complexity index is 487. The minimum atomic E-state index is -2.89. The van der Waals surface area contributed by atoms with Gasteiger partial charge in [0.05, 0.1) is 5.56 Å². The van der Waals surface area contributed by atoms with Gasteiger partial charge >= 0.3 is 21.0 Å². The van der Waals surface area contributed by atoms with Crippen LogP contribution in [-0.4, -0.2) is 36.1 Å². The molecule has 0 spiro atoms. The molecule has 1 unspecified atom stereocenters. The molecule has 0 saturated heterocycles. The Morgan fingerprint density at radius 2 is 1.65 bits per heavy atom. The smallest absolute Gasteiger partial charge is 0.382 e. The molecule has 7 nitrogen and oxygen atoms in total. The molecule has 0 aliphatic heterocycles. The Balaban J connectivity index is 3.04. The normalized spacial score (nSPS) is 12.6. The van der Waals surface area contributed by atoms with Gasteiger partial charge in [-0.05, 0) is 12.1 Å². The van der Waals surface area contributed by atoms with Gasteiger partial charge in [0.15, 0.2) is 4.98 Å². The van der Waals surface area contributed by atoms with Crippen molar-refractivity contribution < 1.29 is 22.8 Å². The van der Waals surface area contributed by atoms with Crippen LogP contribution in [0.5, 0.6) is 0 Å². The van der Waals surface area contributed by atoms with Crippen LogP contribution in [0.15, 0.2) is 24.3 Å². The summed E-state index contributed by atoms with van der Waals surface area (Å²) in [6.45, 7) is 1.24. The van der Waals surface area contributed by atoms with Gasteiger partial charge in [0.25, 0.3) is 0 Å². The summed E-state index contributed by atoms with van der Waals surface area (Å²) in [4.78, 5) is 13.9. The fourth-order valence-corrected chi connectivity index (χ4v) is 3.55. The Kier molecular flexibility index (Phi) is 5.78. The second kappa shape index (κ2) is 7.11. The minimum absolute atomic E-state index is 0.526. The van der Waals surface area contributed by atoms with Gasteiger partial charge in [0, 0.05) is 33.4 Å². The van der Waals surface area contributed by atoms with Crippen molar-refractivity contribution in [2.45, 2.75) is 13.2 Å². The van der Waals surface area contributed by atoms with E-state index in [4.69, 9.17) is 23.4 Å². The highest BCUT2D eigenvalue weighted by atomic mass is 28.4. The van der Waals surface area contributed by atoms with Crippen LogP contribution in [0, 0.1) is 5.39 Å². The number of rotatable bonds is 6. The molecular weight excluding hydrogens is 280 g/mol. The summed E-state index contributed by atoms with van der Waals surface area (Å²) in [5.74, 6) is -0.536. The van der Waals surface area contributed by atoms with Gasteiger partial charge in [-0.25, -0.2) is 0 Å². The van der Waals surface area contributed by atoms with E-state index in [-0.39, 0.29) is 0 Å². The molecule has 1 aromatic rings. The maximum atomic E-state index is 10.9. The Morgan fingerprint density at radius 1 is 1.15 bits per heavy atom. The summed E-state index contributed by atoms with van der Waals surface area (Å²) in [5.41, 5.74) is 0.526. The molecule has 0 aromatic heterocycles. The zero-order chi connectivity index (χ0) is 15.2. The average Bonchev–Trinajstić information content (AvgIpc) is 2.48. The van der Waals surface area contributed by atoms with Crippen LogP contribution >= 0.6 is 0 Å². The third kappa shape index (κ3) is 3.40. The topological polar surface area (TPSA) is 82.1 Å². The van der Waals surface area contributed by atoms with E-state index in [9.17, 15) is 4.79 Å². The van der Waals surface area contributed by atoms with Gasteiger partial charge in [0.1, 0.15) is 0 Å². The lowest BCUT2D eigenvalue weighted by atomic mass is 10.2. The van der Waals surface area contributed by atoms with Gasteiger partial charge in [-0.3, -0.25) is 4.79 Å². The molecule has 1 aromatic carbocycles. The first-order chi connectivity index (χ1) is 9.52. The summed E-state index contributed by atoms with van der Waals surface area (Å²) >= 11 is 0. The zero-order valence-electron chi connectivity index (χ0n) is 11.8. The highest BCUT2D eigenvalue weighted by molar-refractivity contribution is 6.75. The lowest BCUT2D eigenvalue weighted by molar-refractivity contribution is -0.144. The molecule has 1 rings (SSSR count). The molecule has 0 heterocycles. The summed E-state index contributed by atoms with van der Waals surface area (Å²) in [7, 11) is 1.64. The van der Waals surface area contributed by atoms with Crippen molar-refractivity contribution in [1.29, 1.82) is 5.39 Å². The molecule has 0 saturated carbocycles. The predicted octanol–water partition coefficient (Wildman–Crippen LogP) is 1.19. The summed E-state index contributed by atoms with van der Waals surface area (Å²) < 4.78 is 20.9. The van der Waals surface area contributed by atoms with Gasteiger partial charge in [-0.1, -0.05) is 12.1 Å². The largest absolute Gasteiger partial charge is 0.536 e. The van der Waals surface area contributed by atoms with E-state index >= 15 is 0 Å². The Morgan fingerprint density at radius 3 is 2.00 bits per heavy atom. The van der Waals surface area contributed by atoms with Gasteiger partial charge in [0.2, 0.25) is 5.39 Å². The molecule has 0 fully saturated rings. The SMILES string of the molecule is CO[Si](OC)(OC)c1ccc(C([N+]#N)OC(C)=O)cc1. The van der Waals surface area contributed by atoms with E-state index in [0.29, 0.717) is 5.56 Å². The van der Waals surface area contributed by atoms with Crippen molar-refractivity contribution in [1.82, 2.24) is 0 Å². The first kappa shape index (κ1) is 16.3. The van der Waals surface area contributed by atoms with E-state index in [2.05, 4.69) is 4.98 Å². The quantitative estimate of drug-likeness (QED) is 0.445. The van der Waals surface area contributed by atoms with Crippen molar-refractivity contribution in [2.75, 3.05) is 21.3 Å². The lowest BCUT2D eigenvalue weighted by Gasteiger charge is -2.24. The second-order valence-electron chi connectivity index (χ2n) is 3.87. The number of carbonyl (C=O) groups excluding carboxylic acids is 1. The number of ether oxygens (including phenoxy) is 1. The van der Waals surface area contributed by atoms with Crippen LogP contribution in [0.4, 0.5) is 0 Å². The van der Waals surface area contributed by atoms with Gasteiger partial charge < -0.3 is 18.0 Å².